The Bertz CT molecular complexity index is 435. The second-order valence-electron chi connectivity index (χ2n) is 5.50. The first-order valence-electron chi connectivity index (χ1n) is 6.07. The van der Waals surface area contributed by atoms with Gasteiger partial charge in [0.25, 0.3) is 0 Å². The molecule has 0 saturated heterocycles. The minimum absolute atomic E-state index is 0.260. The van der Waals surface area contributed by atoms with E-state index in [2.05, 4.69) is 67.3 Å². The van der Waals surface area contributed by atoms with E-state index in [1.54, 1.807) is 0 Å². The molecule has 2 rings (SSSR count). The van der Waals surface area contributed by atoms with Crippen molar-refractivity contribution in [1.82, 2.24) is 5.32 Å². The van der Waals surface area contributed by atoms with Crippen molar-refractivity contribution in [3.05, 3.63) is 29.8 Å². The van der Waals surface area contributed by atoms with Crippen molar-refractivity contribution in [2.24, 2.45) is 10.4 Å². The van der Waals surface area contributed by atoms with Crippen LogP contribution in [-0.4, -0.2) is 26.1 Å². The van der Waals surface area contributed by atoms with Gasteiger partial charge in [0.2, 0.25) is 0 Å². The van der Waals surface area contributed by atoms with Gasteiger partial charge in [0, 0.05) is 31.2 Å². The summed E-state index contributed by atoms with van der Waals surface area (Å²) >= 11 is 0. The van der Waals surface area contributed by atoms with E-state index in [4.69, 9.17) is 0 Å². The Kier molecular flexibility index (Phi) is 3.09. The lowest BCUT2D eigenvalue weighted by Gasteiger charge is -2.33. The van der Waals surface area contributed by atoms with Crippen molar-refractivity contribution >= 4 is 11.6 Å². The van der Waals surface area contributed by atoms with Crippen LogP contribution >= 0.6 is 0 Å². The van der Waals surface area contributed by atoms with Gasteiger partial charge in [-0.3, -0.25) is 4.99 Å². The van der Waals surface area contributed by atoms with Gasteiger partial charge >= 0.3 is 0 Å². The average Bonchev–Trinajstić information content (AvgIpc) is 2.29. The predicted molar refractivity (Wildman–Crippen MR) is 73.7 cm³/mol. The summed E-state index contributed by atoms with van der Waals surface area (Å²) in [6, 6.07) is 8.37. The smallest absolute Gasteiger partial charge is 0.198 e. The maximum Gasteiger partial charge on any atom is 0.198 e. The second kappa shape index (κ2) is 4.40. The predicted octanol–water partition coefficient (Wildman–Crippen LogP) is 2.42. The average molecular weight is 231 g/mol. The van der Waals surface area contributed by atoms with Gasteiger partial charge in [0.15, 0.2) is 5.96 Å². The van der Waals surface area contributed by atoms with Crippen LogP contribution in [0.1, 0.15) is 19.4 Å². The van der Waals surface area contributed by atoms with Crippen LogP contribution in [0.15, 0.2) is 29.3 Å². The number of para-hydroxylation sites is 1. The second-order valence-corrected chi connectivity index (χ2v) is 5.50. The zero-order chi connectivity index (χ0) is 12.5. The lowest BCUT2D eigenvalue weighted by atomic mass is 9.93. The maximum atomic E-state index is 4.63. The Morgan fingerprint density at radius 3 is 2.59 bits per heavy atom. The molecule has 1 aliphatic rings. The molecule has 0 saturated carbocycles. The largest absolute Gasteiger partial charge is 0.355 e. The van der Waals surface area contributed by atoms with Crippen LogP contribution in [-0.2, 0) is 0 Å². The number of hydrogen-bond donors (Lipinski definition) is 1. The number of nitrogens with one attached hydrogen (secondary N) is 1. The minimum atomic E-state index is 0.260. The molecular weight excluding hydrogens is 210 g/mol. The van der Waals surface area contributed by atoms with Crippen LogP contribution < -0.4 is 10.2 Å². The van der Waals surface area contributed by atoms with E-state index < -0.39 is 0 Å². The number of nitrogens with zero attached hydrogens (tertiary/aromatic N) is 2. The molecule has 3 nitrogen and oxygen atoms in total. The van der Waals surface area contributed by atoms with E-state index in [1.807, 2.05) is 0 Å². The molecule has 1 aromatic carbocycles. The lowest BCUT2D eigenvalue weighted by Crippen LogP contribution is -2.48. The summed E-state index contributed by atoms with van der Waals surface area (Å²) in [5.74, 6) is 0.971. The highest BCUT2D eigenvalue weighted by Gasteiger charge is 2.24. The third kappa shape index (κ3) is 2.60. The van der Waals surface area contributed by atoms with Crippen LogP contribution in [0.3, 0.4) is 0 Å². The van der Waals surface area contributed by atoms with Gasteiger partial charge in [0.05, 0.1) is 0 Å². The number of aliphatic imine (C=N–C) groups is 1. The highest BCUT2D eigenvalue weighted by molar-refractivity contribution is 5.96. The summed E-state index contributed by atoms with van der Waals surface area (Å²) < 4.78 is 0. The third-order valence-electron chi connectivity index (χ3n) is 3.18. The topological polar surface area (TPSA) is 27.6 Å². The van der Waals surface area contributed by atoms with Gasteiger partial charge in [-0.15, -0.1) is 0 Å². The fourth-order valence-electron chi connectivity index (χ4n) is 2.00. The van der Waals surface area contributed by atoms with Crippen LogP contribution in [0.4, 0.5) is 5.69 Å². The van der Waals surface area contributed by atoms with Crippen LogP contribution in [0.5, 0.6) is 0 Å². The molecule has 17 heavy (non-hydrogen) atoms. The highest BCUT2D eigenvalue weighted by Crippen LogP contribution is 2.21. The summed E-state index contributed by atoms with van der Waals surface area (Å²) in [4.78, 5) is 6.76. The van der Waals surface area contributed by atoms with Crippen molar-refractivity contribution in [2.75, 3.05) is 25.0 Å². The number of guanidine groups is 1. The van der Waals surface area contributed by atoms with Crippen LogP contribution in [0.25, 0.3) is 0 Å². The van der Waals surface area contributed by atoms with Crippen molar-refractivity contribution in [3.8, 4) is 0 Å². The molecule has 0 amide bonds. The molecule has 0 aliphatic carbocycles. The molecule has 3 heteroatoms. The summed E-state index contributed by atoms with van der Waals surface area (Å²) in [5.41, 5.74) is 2.73. The van der Waals surface area contributed by atoms with E-state index in [9.17, 15) is 0 Å². The minimum Gasteiger partial charge on any atom is -0.355 e. The van der Waals surface area contributed by atoms with Gasteiger partial charge in [-0.25, -0.2) is 0 Å². The van der Waals surface area contributed by atoms with E-state index in [0.29, 0.717) is 0 Å². The lowest BCUT2D eigenvalue weighted by molar-refractivity contribution is 0.360. The molecule has 0 aromatic heterocycles. The highest BCUT2D eigenvalue weighted by atomic mass is 15.3. The van der Waals surface area contributed by atoms with Crippen molar-refractivity contribution in [2.45, 2.75) is 20.8 Å². The molecule has 1 N–H and O–H groups in total. The van der Waals surface area contributed by atoms with Gasteiger partial charge in [0.1, 0.15) is 0 Å². The number of hydrogen-bond acceptors (Lipinski definition) is 3. The van der Waals surface area contributed by atoms with Gasteiger partial charge < -0.3 is 10.2 Å². The SMILES string of the molecule is Cc1ccccc1N(C)C1=NCC(C)(C)CN1. The Morgan fingerprint density at radius 2 is 2.00 bits per heavy atom. The van der Waals surface area contributed by atoms with E-state index in [1.165, 1.54) is 11.3 Å². The monoisotopic (exact) mass is 231 g/mol. The zero-order valence-electron chi connectivity index (χ0n) is 11.1. The first-order valence-corrected chi connectivity index (χ1v) is 6.07. The number of aryl methyl sites for hydroxylation is 1. The molecule has 0 radical (unpaired) electrons. The molecular formula is C14H21N3. The van der Waals surface area contributed by atoms with Crippen molar-refractivity contribution < 1.29 is 0 Å². The molecule has 0 atom stereocenters. The molecule has 92 valence electrons. The Labute approximate surface area is 104 Å². The molecule has 0 unspecified atom stereocenters. The maximum absolute atomic E-state index is 4.63. The molecule has 0 spiro atoms. The van der Waals surface area contributed by atoms with Gasteiger partial charge in [-0.05, 0) is 18.6 Å². The summed E-state index contributed by atoms with van der Waals surface area (Å²) in [6.07, 6.45) is 0. The zero-order valence-corrected chi connectivity index (χ0v) is 11.1. The summed E-state index contributed by atoms with van der Waals surface area (Å²) in [5, 5.41) is 3.41. The quantitative estimate of drug-likeness (QED) is 0.804. The third-order valence-corrected chi connectivity index (χ3v) is 3.18. The fourth-order valence-corrected chi connectivity index (χ4v) is 2.00. The molecule has 0 bridgehead atoms. The van der Waals surface area contributed by atoms with Crippen LogP contribution in [0, 0.1) is 12.3 Å². The van der Waals surface area contributed by atoms with Crippen molar-refractivity contribution in [3.63, 3.8) is 0 Å². The molecule has 0 fully saturated rings. The van der Waals surface area contributed by atoms with E-state index >= 15 is 0 Å². The van der Waals surface area contributed by atoms with Crippen molar-refractivity contribution in [1.29, 1.82) is 0 Å². The van der Waals surface area contributed by atoms with E-state index in [-0.39, 0.29) is 5.41 Å². The van der Waals surface area contributed by atoms with Gasteiger partial charge in [-0.1, -0.05) is 32.0 Å². The summed E-state index contributed by atoms with van der Waals surface area (Å²) in [6.45, 7) is 8.44. The number of anilines is 1. The molecule has 1 aliphatic heterocycles. The Balaban J connectivity index is 2.20. The number of rotatable bonds is 1. The fraction of sp³-hybridized carbons (Fsp3) is 0.500. The first-order chi connectivity index (χ1) is 7.99. The normalized spacial score (nSPS) is 18.2. The Morgan fingerprint density at radius 1 is 1.29 bits per heavy atom. The van der Waals surface area contributed by atoms with Crippen LogP contribution in [0.2, 0.25) is 0 Å². The molecule has 1 heterocycles. The number of benzene rings is 1. The molecule has 1 aromatic rings. The van der Waals surface area contributed by atoms with E-state index in [0.717, 1.165) is 19.0 Å². The standard InChI is InChI=1S/C14H21N3/c1-11-7-5-6-8-12(11)17(4)13-15-9-14(2,3)10-16-13/h5-8H,9-10H2,1-4H3,(H,15,16). The van der Waals surface area contributed by atoms with Gasteiger partial charge in [-0.2, -0.15) is 0 Å². The Hall–Kier alpha value is -1.51. The summed E-state index contributed by atoms with van der Waals surface area (Å²) in [7, 11) is 2.06. The first kappa shape index (κ1) is 12.0.